The summed E-state index contributed by atoms with van der Waals surface area (Å²) in [5, 5.41) is 0. The van der Waals surface area contributed by atoms with Gasteiger partial charge in [-0.3, -0.25) is 0 Å². The van der Waals surface area contributed by atoms with Crippen LogP contribution in [0.25, 0.3) is 0 Å². The smallest absolute Gasteiger partial charge is 0.244 e. The first-order valence-corrected chi connectivity index (χ1v) is 7.95. The van der Waals surface area contributed by atoms with Gasteiger partial charge in [-0.05, 0) is 17.9 Å². The number of alkyl halides is 1. The third kappa shape index (κ3) is 2.44. The fraction of sp³-hybridized carbons (Fsp3) is 0.667. The van der Waals surface area contributed by atoms with Crippen LogP contribution in [0.4, 0.5) is 0 Å². The van der Waals surface area contributed by atoms with Gasteiger partial charge in [0.2, 0.25) is 10.0 Å². The molecule has 2 heterocycles. The van der Waals surface area contributed by atoms with E-state index in [-0.39, 0.29) is 5.41 Å². The van der Waals surface area contributed by atoms with Gasteiger partial charge in [0, 0.05) is 32.0 Å². The molecule has 1 aromatic rings. The zero-order valence-electron chi connectivity index (χ0n) is 11.0. The highest BCUT2D eigenvalue weighted by Crippen LogP contribution is 2.33. The lowest BCUT2D eigenvalue weighted by Gasteiger charge is -2.19. The highest BCUT2D eigenvalue weighted by atomic mass is 35.5. The minimum Gasteiger partial charge on any atom is -0.352 e. The summed E-state index contributed by atoms with van der Waals surface area (Å²) in [6, 6.07) is 1.66. The number of hydrogen-bond donors (Lipinski definition) is 0. The van der Waals surface area contributed by atoms with Crippen LogP contribution in [0.1, 0.15) is 26.0 Å². The van der Waals surface area contributed by atoms with E-state index in [1.165, 1.54) is 0 Å². The molecule has 0 bridgehead atoms. The Labute approximate surface area is 114 Å². The molecule has 0 N–H and O–H groups in total. The maximum atomic E-state index is 12.5. The summed E-state index contributed by atoms with van der Waals surface area (Å²) in [4.78, 5) is 0.346. The van der Waals surface area contributed by atoms with E-state index in [4.69, 9.17) is 11.6 Å². The predicted octanol–water partition coefficient (Wildman–Crippen LogP) is 2.18. The molecule has 1 aliphatic heterocycles. The lowest BCUT2D eigenvalue weighted by atomic mass is 9.93. The van der Waals surface area contributed by atoms with Crippen LogP contribution in [0.3, 0.4) is 0 Å². The molecule has 4 nitrogen and oxygen atoms in total. The van der Waals surface area contributed by atoms with Gasteiger partial charge in [0.15, 0.2) is 0 Å². The van der Waals surface area contributed by atoms with Gasteiger partial charge in [-0.1, -0.05) is 13.8 Å². The average Bonchev–Trinajstić information content (AvgIpc) is 2.82. The quantitative estimate of drug-likeness (QED) is 0.801. The van der Waals surface area contributed by atoms with Crippen LogP contribution in [0, 0.1) is 5.41 Å². The summed E-state index contributed by atoms with van der Waals surface area (Å²) in [6.45, 7) is 5.37. The van der Waals surface area contributed by atoms with Gasteiger partial charge in [-0.25, -0.2) is 8.42 Å². The van der Waals surface area contributed by atoms with Crippen molar-refractivity contribution in [2.75, 3.05) is 13.1 Å². The lowest BCUT2D eigenvalue weighted by Crippen LogP contribution is -2.30. The Bertz CT molecular complexity index is 548. The first-order valence-electron chi connectivity index (χ1n) is 5.98. The maximum Gasteiger partial charge on any atom is 0.244 e. The van der Waals surface area contributed by atoms with Gasteiger partial charge >= 0.3 is 0 Å². The Morgan fingerprint density at radius 3 is 2.56 bits per heavy atom. The molecule has 1 fully saturated rings. The second kappa shape index (κ2) is 4.54. The van der Waals surface area contributed by atoms with Gasteiger partial charge in [-0.15, -0.1) is 11.6 Å². The van der Waals surface area contributed by atoms with Gasteiger partial charge in [0.1, 0.15) is 4.90 Å². The molecule has 2 rings (SSSR count). The number of nitrogens with zero attached hydrogens (tertiary/aromatic N) is 2. The summed E-state index contributed by atoms with van der Waals surface area (Å²) < 4.78 is 28.3. The molecular weight excluding hydrogens is 272 g/mol. The van der Waals surface area contributed by atoms with Crippen LogP contribution in [-0.2, 0) is 23.0 Å². The number of halogens is 1. The molecule has 0 radical (unpaired) electrons. The molecule has 18 heavy (non-hydrogen) atoms. The van der Waals surface area contributed by atoms with Crippen molar-refractivity contribution in [2.45, 2.75) is 31.0 Å². The zero-order valence-corrected chi connectivity index (χ0v) is 12.6. The Balaban J connectivity index is 2.31. The fourth-order valence-electron chi connectivity index (χ4n) is 2.27. The van der Waals surface area contributed by atoms with Crippen molar-refractivity contribution in [1.82, 2.24) is 8.87 Å². The van der Waals surface area contributed by atoms with E-state index >= 15 is 0 Å². The van der Waals surface area contributed by atoms with Crippen LogP contribution in [0.2, 0.25) is 0 Å². The number of aromatic nitrogens is 1. The van der Waals surface area contributed by atoms with Gasteiger partial charge < -0.3 is 4.57 Å². The molecule has 102 valence electrons. The molecule has 1 aromatic heterocycles. The van der Waals surface area contributed by atoms with E-state index < -0.39 is 10.0 Å². The summed E-state index contributed by atoms with van der Waals surface area (Å²) in [5.41, 5.74) is 0.880. The molecule has 6 heteroatoms. The van der Waals surface area contributed by atoms with E-state index in [2.05, 4.69) is 13.8 Å². The van der Waals surface area contributed by atoms with Crippen molar-refractivity contribution in [1.29, 1.82) is 0 Å². The topological polar surface area (TPSA) is 42.3 Å². The average molecular weight is 291 g/mol. The minimum absolute atomic E-state index is 0.0666. The molecule has 0 saturated carbocycles. The summed E-state index contributed by atoms with van der Waals surface area (Å²) >= 11 is 5.77. The van der Waals surface area contributed by atoms with Crippen LogP contribution >= 0.6 is 11.6 Å². The zero-order chi connectivity index (χ0) is 13.6. The Morgan fingerprint density at radius 2 is 2.11 bits per heavy atom. The Morgan fingerprint density at radius 1 is 1.44 bits per heavy atom. The van der Waals surface area contributed by atoms with Gasteiger partial charge in [0.25, 0.3) is 0 Å². The number of aryl methyl sites for hydroxylation is 1. The van der Waals surface area contributed by atoms with Crippen LogP contribution in [0.5, 0.6) is 0 Å². The minimum atomic E-state index is -3.37. The second-order valence-corrected chi connectivity index (χ2v) is 7.87. The molecule has 1 saturated heterocycles. The van der Waals surface area contributed by atoms with Crippen molar-refractivity contribution >= 4 is 21.6 Å². The van der Waals surface area contributed by atoms with Crippen molar-refractivity contribution in [2.24, 2.45) is 12.5 Å². The van der Waals surface area contributed by atoms with E-state index in [0.717, 1.165) is 12.1 Å². The SMILES string of the molecule is Cn1cc(S(=O)(=O)N2CCC(C)(C)C2)cc1CCl. The third-order valence-electron chi connectivity index (χ3n) is 3.50. The number of hydrogen-bond acceptors (Lipinski definition) is 2. The fourth-order valence-corrected chi connectivity index (χ4v) is 4.26. The van der Waals surface area contributed by atoms with Crippen molar-refractivity contribution in [3.05, 3.63) is 18.0 Å². The largest absolute Gasteiger partial charge is 0.352 e. The molecule has 1 aliphatic rings. The first kappa shape index (κ1) is 13.9. The van der Waals surface area contributed by atoms with Crippen molar-refractivity contribution < 1.29 is 8.42 Å². The Hall–Kier alpha value is -0.520. The van der Waals surface area contributed by atoms with Crippen molar-refractivity contribution in [3.63, 3.8) is 0 Å². The normalized spacial score (nSPS) is 20.4. The predicted molar refractivity (Wildman–Crippen MR) is 72.1 cm³/mol. The molecule has 0 amide bonds. The highest BCUT2D eigenvalue weighted by molar-refractivity contribution is 7.89. The Kier molecular flexibility index (Phi) is 3.51. The van der Waals surface area contributed by atoms with E-state index in [1.54, 1.807) is 21.1 Å². The summed E-state index contributed by atoms with van der Waals surface area (Å²) in [6.07, 6.45) is 2.54. The first-order chi connectivity index (χ1) is 8.26. The van der Waals surface area contributed by atoms with Gasteiger partial charge in [0.05, 0.1) is 5.88 Å². The number of rotatable bonds is 3. The second-order valence-electron chi connectivity index (χ2n) is 5.66. The van der Waals surface area contributed by atoms with E-state index in [0.29, 0.717) is 23.9 Å². The van der Waals surface area contributed by atoms with Crippen LogP contribution in [0.15, 0.2) is 17.2 Å². The summed E-state index contributed by atoms with van der Waals surface area (Å²) in [7, 11) is -1.56. The molecular formula is C12H19ClN2O2S. The van der Waals surface area contributed by atoms with Crippen molar-refractivity contribution in [3.8, 4) is 0 Å². The number of sulfonamides is 1. The molecule has 0 spiro atoms. The monoisotopic (exact) mass is 290 g/mol. The molecule has 0 aromatic carbocycles. The van der Waals surface area contributed by atoms with E-state index in [1.807, 2.05) is 7.05 Å². The van der Waals surface area contributed by atoms with Crippen LogP contribution in [-0.4, -0.2) is 30.4 Å². The maximum absolute atomic E-state index is 12.5. The van der Waals surface area contributed by atoms with Crippen LogP contribution < -0.4 is 0 Å². The third-order valence-corrected chi connectivity index (χ3v) is 5.58. The summed E-state index contributed by atoms with van der Waals surface area (Å²) in [5.74, 6) is 0.317. The van der Waals surface area contributed by atoms with E-state index in [9.17, 15) is 8.42 Å². The molecule has 0 aliphatic carbocycles. The molecule has 0 atom stereocenters. The highest BCUT2D eigenvalue weighted by Gasteiger charge is 2.37. The standard InChI is InChI=1S/C12H19ClN2O2S/c1-12(2)4-5-15(9-12)18(16,17)11-6-10(7-13)14(3)8-11/h6,8H,4-5,7,9H2,1-3H3. The molecule has 0 unspecified atom stereocenters. The lowest BCUT2D eigenvalue weighted by molar-refractivity contribution is 0.375. The van der Waals surface area contributed by atoms with Gasteiger partial charge in [-0.2, -0.15) is 4.31 Å².